The molecule has 2 unspecified atom stereocenters. The van der Waals surface area contributed by atoms with E-state index in [0.29, 0.717) is 0 Å². The van der Waals surface area contributed by atoms with Gasteiger partial charge in [0.25, 0.3) is 0 Å². The molecule has 0 rings (SSSR count). The monoisotopic (exact) mass is 334 g/mol. The van der Waals surface area contributed by atoms with E-state index < -0.39 is 54.2 Å². The first-order chi connectivity index (χ1) is 10.4. The summed E-state index contributed by atoms with van der Waals surface area (Å²) in [5.41, 5.74) is -0.627. The van der Waals surface area contributed by atoms with Crippen molar-refractivity contribution in [3.8, 4) is 0 Å². The van der Waals surface area contributed by atoms with Crippen LogP contribution >= 0.6 is 0 Å². The molecule has 0 aromatic rings. The Morgan fingerprint density at radius 3 is 1.30 bits per heavy atom. The van der Waals surface area contributed by atoms with Gasteiger partial charge in [-0.25, -0.2) is 0 Å². The van der Waals surface area contributed by atoms with Crippen molar-refractivity contribution in [1.82, 2.24) is 10.6 Å². The molecule has 0 heterocycles. The summed E-state index contributed by atoms with van der Waals surface area (Å²) in [6, 6.07) is -2.53. The van der Waals surface area contributed by atoms with Crippen LogP contribution in [-0.4, -0.2) is 69.5 Å². The van der Waals surface area contributed by atoms with E-state index in [1.807, 2.05) is 0 Å². The summed E-state index contributed by atoms with van der Waals surface area (Å²) in [5, 5.41) is 40.3. The molecule has 0 bridgehead atoms. The lowest BCUT2D eigenvalue weighted by Crippen LogP contribution is -2.49. The first-order valence-electron chi connectivity index (χ1n) is 6.80. The summed E-state index contributed by atoms with van der Waals surface area (Å²) >= 11 is 0. The van der Waals surface area contributed by atoms with Crippen LogP contribution in [0.25, 0.3) is 0 Å². The molecule has 0 spiro atoms. The molecular weight excluding hydrogens is 312 g/mol. The fourth-order valence-corrected chi connectivity index (χ4v) is 1.70. The van der Waals surface area contributed by atoms with Crippen molar-refractivity contribution in [2.75, 3.05) is 13.1 Å². The Bertz CT molecular complexity index is 423. The number of nitrogens with one attached hydrogen (secondary N) is 2. The molecule has 0 aliphatic rings. The predicted molar refractivity (Wildman–Crippen MR) is 77.1 cm³/mol. The van der Waals surface area contributed by atoms with Crippen molar-refractivity contribution >= 4 is 23.9 Å². The smallest absolute Gasteiger partial charge is 0.321 e. The van der Waals surface area contributed by atoms with Gasteiger partial charge in [-0.2, -0.15) is 0 Å². The summed E-state index contributed by atoms with van der Waals surface area (Å²) < 4.78 is 0. The van der Waals surface area contributed by atoms with Gasteiger partial charge in [-0.1, -0.05) is 13.8 Å². The van der Waals surface area contributed by atoms with Crippen molar-refractivity contribution in [3.05, 3.63) is 0 Å². The third-order valence-corrected chi connectivity index (χ3v) is 3.01. The highest BCUT2D eigenvalue weighted by atomic mass is 16.4. The van der Waals surface area contributed by atoms with Gasteiger partial charge in [0.2, 0.25) is 0 Å². The highest BCUT2D eigenvalue weighted by Crippen LogP contribution is 2.13. The summed E-state index contributed by atoms with van der Waals surface area (Å²) in [6.07, 6.45) is -1.18. The number of carbonyl (C=O) groups is 4. The van der Waals surface area contributed by atoms with Crippen molar-refractivity contribution < 1.29 is 39.6 Å². The average Bonchev–Trinajstić information content (AvgIpc) is 2.38. The highest BCUT2D eigenvalue weighted by molar-refractivity contribution is 5.81. The Labute approximate surface area is 132 Å². The van der Waals surface area contributed by atoms with Gasteiger partial charge < -0.3 is 31.1 Å². The Balaban J connectivity index is 4.55. The molecule has 0 saturated heterocycles. The van der Waals surface area contributed by atoms with Crippen LogP contribution in [0.15, 0.2) is 0 Å². The van der Waals surface area contributed by atoms with Gasteiger partial charge in [0.15, 0.2) is 0 Å². The molecule has 0 fully saturated rings. The molecule has 0 radical (unpaired) electrons. The van der Waals surface area contributed by atoms with Crippen LogP contribution < -0.4 is 10.6 Å². The Morgan fingerprint density at radius 1 is 0.783 bits per heavy atom. The van der Waals surface area contributed by atoms with Crippen LogP contribution in [0.3, 0.4) is 0 Å². The van der Waals surface area contributed by atoms with E-state index in [9.17, 15) is 19.2 Å². The summed E-state index contributed by atoms with van der Waals surface area (Å²) in [7, 11) is 0. The van der Waals surface area contributed by atoms with E-state index >= 15 is 0 Å². The summed E-state index contributed by atoms with van der Waals surface area (Å²) in [5.74, 6) is -5.11. The first-order valence-corrected chi connectivity index (χ1v) is 6.80. The largest absolute Gasteiger partial charge is 0.481 e. The Hall–Kier alpha value is -2.20. The lowest BCUT2D eigenvalue weighted by atomic mass is 9.92. The SMILES string of the molecule is CC(C)(CNC(CC(=O)O)C(=O)O)CNC(CC(=O)O)C(=O)O. The van der Waals surface area contributed by atoms with Crippen molar-refractivity contribution in [2.45, 2.75) is 38.8 Å². The molecule has 0 aromatic carbocycles. The fraction of sp³-hybridized carbons (Fsp3) is 0.692. The lowest BCUT2D eigenvalue weighted by molar-refractivity contribution is -0.146. The van der Waals surface area contributed by atoms with Gasteiger partial charge in [-0.05, 0) is 5.41 Å². The van der Waals surface area contributed by atoms with Crippen LogP contribution in [0.1, 0.15) is 26.7 Å². The zero-order valence-corrected chi connectivity index (χ0v) is 12.9. The molecule has 6 N–H and O–H groups in total. The van der Waals surface area contributed by atoms with Crippen molar-refractivity contribution in [2.24, 2.45) is 5.41 Å². The molecule has 132 valence electrons. The van der Waals surface area contributed by atoms with Crippen LogP contribution in [0.4, 0.5) is 0 Å². The van der Waals surface area contributed by atoms with E-state index in [1.165, 1.54) is 0 Å². The molecular formula is C13H22N2O8. The third kappa shape index (κ3) is 9.42. The molecule has 10 heteroatoms. The standard InChI is InChI=1S/C13H22N2O8/c1-13(2,5-14-7(11(20)21)3-9(16)17)6-15-8(12(22)23)4-10(18)19/h7-8,14-15H,3-6H2,1-2H3,(H,16,17)(H,18,19)(H,20,21)(H,22,23). The molecule has 23 heavy (non-hydrogen) atoms. The second kappa shape index (κ2) is 9.06. The van der Waals surface area contributed by atoms with Gasteiger partial charge in [0, 0.05) is 13.1 Å². The number of hydrogen-bond acceptors (Lipinski definition) is 6. The summed E-state index contributed by atoms with van der Waals surface area (Å²) in [6.45, 7) is 3.60. The molecule has 0 amide bonds. The molecule has 0 aliphatic heterocycles. The number of carboxylic acid groups (broad SMARTS) is 4. The minimum atomic E-state index is -1.30. The quantitative estimate of drug-likeness (QED) is 0.261. The fourth-order valence-electron chi connectivity index (χ4n) is 1.70. The molecule has 2 atom stereocenters. The van der Waals surface area contributed by atoms with Crippen LogP contribution in [0, 0.1) is 5.41 Å². The lowest BCUT2D eigenvalue weighted by Gasteiger charge is -2.28. The zero-order valence-electron chi connectivity index (χ0n) is 12.9. The average molecular weight is 334 g/mol. The Kier molecular flexibility index (Phi) is 8.19. The van der Waals surface area contributed by atoms with Gasteiger partial charge in [-0.15, -0.1) is 0 Å². The topological polar surface area (TPSA) is 173 Å². The van der Waals surface area contributed by atoms with Crippen LogP contribution in [-0.2, 0) is 19.2 Å². The second-order valence-corrected chi connectivity index (χ2v) is 5.90. The maximum absolute atomic E-state index is 10.9. The summed E-state index contributed by atoms with van der Waals surface area (Å²) in [4.78, 5) is 43.1. The molecule has 10 nitrogen and oxygen atoms in total. The van der Waals surface area contributed by atoms with E-state index in [-0.39, 0.29) is 13.1 Å². The van der Waals surface area contributed by atoms with Crippen molar-refractivity contribution in [1.29, 1.82) is 0 Å². The van der Waals surface area contributed by atoms with E-state index in [1.54, 1.807) is 13.8 Å². The van der Waals surface area contributed by atoms with E-state index in [0.717, 1.165) is 0 Å². The highest BCUT2D eigenvalue weighted by Gasteiger charge is 2.27. The zero-order chi connectivity index (χ0) is 18.2. The maximum Gasteiger partial charge on any atom is 0.321 e. The van der Waals surface area contributed by atoms with Crippen LogP contribution in [0.5, 0.6) is 0 Å². The van der Waals surface area contributed by atoms with Gasteiger partial charge in [-0.3, -0.25) is 19.2 Å². The van der Waals surface area contributed by atoms with Gasteiger partial charge in [0.1, 0.15) is 12.1 Å². The minimum Gasteiger partial charge on any atom is -0.481 e. The number of aliphatic carboxylic acids is 4. The number of hydrogen-bond donors (Lipinski definition) is 6. The second-order valence-electron chi connectivity index (χ2n) is 5.90. The molecule has 0 saturated carbocycles. The number of rotatable bonds is 12. The molecule has 0 aromatic heterocycles. The van der Waals surface area contributed by atoms with Crippen molar-refractivity contribution in [3.63, 3.8) is 0 Å². The Morgan fingerprint density at radius 2 is 1.09 bits per heavy atom. The minimum absolute atomic E-state index is 0.101. The number of carboxylic acids is 4. The predicted octanol–water partition coefficient (Wildman–Crippen LogP) is -0.952. The first kappa shape index (κ1) is 20.8. The molecule has 0 aliphatic carbocycles. The van der Waals surface area contributed by atoms with Gasteiger partial charge in [0.05, 0.1) is 12.8 Å². The third-order valence-electron chi connectivity index (χ3n) is 3.01. The maximum atomic E-state index is 10.9. The van der Waals surface area contributed by atoms with Crippen LogP contribution in [0.2, 0.25) is 0 Å². The van der Waals surface area contributed by atoms with Gasteiger partial charge >= 0.3 is 23.9 Å². The van der Waals surface area contributed by atoms with E-state index in [2.05, 4.69) is 10.6 Å². The normalized spacial score (nSPS) is 14.0. The van der Waals surface area contributed by atoms with E-state index in [4.69, 9.17) is 20.4 Å².